The maximum absolute atomic E-state index is 12.5. The molecule has 3 N–H and O–H groups in total. The summed E-state index contributed by atoms with van der Waals surface area (Å²) in [5, 5.41) is 0. The second-order valence-electron chi connectivity index (χ2n) is 4.75. The Morgan fingerprint density at radius 3 is 2.48 bits per heavy atom. The summed E-state index contributed by atoms with van der Waals surface area (Å²) in [6.07, 6.45) is 1.26. The van der Waals surface area contributed by atoms with Gasteiger partial charge in [-0.2, -0.15) is 0 Å². The van der Waals surface area contributed by atoms with Gasteiger partial charge in [-0.05, 0) is 30.3 Å². The molecule has 0 saturated heterocycles. The number of ether oxygens (including phenoxy) is 2. The molecule has 0 fully saturated rings. The summed E-state index contributed by atoms with van der Waals surface area (Å²) in [7, 11) is -1.54. The number of esters is 1. The molecule has 0 aliphatic heterocycles. The summed E-state index contributed by atoms with van der Waals surface area (Å²) in [6, 6.07) is 6.25. The van der Waals surface area contributed by atoms with Crippen LogP contribution in [-0.4, -0.2) is 39.5 Å². The number of amides is 1. The molecule has 1 heterocycles. The fourth-order valence-corrected chi connectivity index (χ4v) is 3.00. The highest BCUT2D eigenvalue weighted by Gasteiger charge is 2.20. The Labute approximate surface area is 143 Å². The average Bonchev–Trinajstić information content (AvgIpc) is 2.60. The average molecular weight is 365 g/mol. The standard InChI is InChI=1S/C15H15N3O6S/c1-23-12-4-3-10(8-11(12)14(16)19)25(21,22)18-13-7-9(5-6-17-13)15(20)24-2/h3-8H,1-2H3,(H2,16,19)(H,17,18). The van der Waals surface area contributed by atoms with Crippen molar-refractivity contribution >= 4 is 27.7 Å². The number of rotatable bonds is 6. The molecule has 0 radical (unpaired) electrons. The Hall–Kier alpha value is -3.14. The van der Waals surface area contributed by atoms with Gasteiger partial charge in [0.15, 0.2) is 0 Å². The van der Waals surface area contributed by atoms with Gasteiger partial charge in [0.25, 0.3) is 15.9 Å². The number of pyridine rings is 1. The van der Waals surface area contributed by atoms with Gasteiger partial charge in [-0.25, -0.2) is 18.2 Å². The van der Waals surface area contributed by atoms with Crippen LogP contribution in [0.5, 0.6) is 5.75 Å². The number of nitrogens with zero attached hydrogens (tertiary/aromatic N) is 1. The van der Waals surface area contributed by atoms with E-state index < -0.39 is 21.9 Å². The third-order valence-corrected chi connectivity index (χ3v) is 4.52. The maximum atomic E-state index is 12.5. The first-order valence-electron chi connectivity index (χ1n) is 6.83. The zero-order valence-electron chi connectivity index (χ0n) is 13.3. The van der Waals surface area contributed by atoms with Gasteiger partial charge in [0, 0.05) is 6.20 Å². The molecule has 1 amide bonds. The van der Waals surface area contributed by atoms with Crippen molar-refractivity contribution in [1.82, 2.24) is 4.98 Å². The highest BCUT2D eigenvalue weighted by molar-refractivity contribution is 7.92. The van der Waals surface area contributed by atoms with E-state index in [4.69, 9.17) is 10.5 Å². The topological polar surface area (TPSA) is 138 Å². The molecule has 0 aliphatic carbocycles. The lowest BCUT2D eigenvalue weighted by atomic mass is 10.2. The largest absolute Gasteiger partial charge is 0.496 e. The predicted molar refractivity (Wildman–Crippen MR) is 87.9 cm³/mol. The number of nitrogens with one attached hydrogen (secondary N) is 1. The lowest BCUT2D eigenvalue weighted by molar-refractivity contribution is 0.0600. The van der Waals surface area contributed by atoms with Gasteiger partial charge in [-0.3, -0.25) is 9.52 Å². The van der Waals surface area contributed by atoms with E-state index in [0.29, 0.717) is 0 Å². The minimum absolute atomic E-state index is 0.0818. The number of hydrogen-bond donors (Lipinski definition) is 2. The van der Waals surface area contributed by atoms with Crippen molar-refractivity contribution in [2.75, 3.05) is 18.9 Å². The van der Waals surface area contributed by atoms with E-state index in [1.54, 1.807) is 0 Å². The maximum Gasteiger partial charge on any atom is 0.338 e. The fourth-order valence-electron chi connectivity index (χ4n) is 1.97. The number of carbonyl (C=O) groups is 2. The van der Waals surface area contributed by atoms with E-state index in [1.807, 2.05) is 0 Å². The summed E-state index contributed by atoms with van der Waals surface area (Å²) in [5.41, 5.74) is 5.27. The van der Waals surface area contributed by atoms with Crippen LogP contribution in [0, 0.1) is 0 Å². The first kappa shape index (κ1) is 18.2. The Kier molecular flexibility index (Phi) is 5.22. The van der Waals surface area contributed by atoms with Gasteiger partial charge in [0.1, 0.15) is 11.6 Å². The van der Waals surface area contributed by atoms with Crippen LogP contribution < -0.4 is 15.2 Å². The van der Waals surface area contributed by atoms with Crippen molar-refractivity contribution in [3.63, 3.8) is 0 Å². The summed E-state index contributed by atoms with van der Waals surface area (Å²) in [5.74, 6) is -1.40. The molecule has 0 bridgehead atoms. The Morgan fingerprint density at radius 1 is 1.16 bits per heavy atom. The molecule has 0 atom stereocenters. The van der Waals surface area contributed by atoms with E-state index in [9.17, 15) is 18.0 Å². The van der Waals surface area contributed by atoms with Crippen molar-refractivity contribution in [3.05, 3.63) is 47.7 Å². The molecule has 0 saturated carbocycles. The van der Waals surface area contributed by atoms with Gasteiger partial charge >= 0.3 is 5.97 Å². The normalized spacial score (nSPS) is 10.8. The monoisotopic (exact) mass is 365 g/mol. The lowest BCUT2D eigenvalue weighted by Gasteiger charge is -2.11. The number of nitrogens with two attached hydrogens (primary N) is 1. The fraction of sp³-hybridized carbons (Fsp3) is 0.133. The second-order valence-corrected chi connectivity index (χ2v) is 6.44. The third kappa shape index (κ3) is 4.04. The molecule has 10 heteroatoms. The van der Waals surface area contributed by atoms with Crippen molar-refractivity contribution < 1.29 is 27.5 Å². The first-order chi connectivity index (χ1) is 11.8. The Balaban J connectivity index is 2.38. The van der Waals surface area contributed by atoms with Gasteiger partial charge in [0.05, 0.1) is 30.2 Å². The van der Waals surface area contributed by atoms with Gasteiger partial charge in [0.2, 0.25) is 0 Å². The molecule has 0 aliphatic rings. The van der Waals surface area contributed by atoms with Crippen LogP contribution in [0.3, 0.4) is 0 Å². The van der Waals surface area contributed by atoms with Crippen LogP contribution in [0.15, 0.2) is 41.4 Å². The summed E-state index contributed by atoms with van der Waals surface area (Å²) < 4.78 is 36.7. The quantitative estimate of drug-likeness (QED) is 0.721. The van der Waals surface area contributed by atoms with Crippen LogP contribution in [-0.2, 0) is 14.8 Å². The van der Waals surface area contributed by atoms with Crippen molar-refractivity contribution in [3.8, 4) is 5.75 Å². The van der Waals surface area contributed by atoms with Gasteiger partial charge in [-0.1, -0.05) is 0 Å². The number of methoxy groups -OCH3 is 2. The van der Waals surface area contributed by atoms with Crippen molar-refractivity contribution in [1.29, 1.82) is 0 Å². The van der Waals surface area contributed by atoms with E-state index >= 15 is 0 Å². The number of hydrogen-bond acceptors (Lipinski definition) is 7. The van der Waals surface area contributed by atoms with Gasteiger partial charge < -0.3 is 15.2 Å². The second kappa shape index (κ2) is 7.18. The molecule has 1 aromatic carbocycles. The smallest absolute Gasteiger partial charge is 0.338 e. The highest BCUT2D eigenvalue weighted by atomic mass is 32.2. The van der Waals surface area contributed by atoms with E-state index in [0.717, 1.165) is 6.07 Å². The number of carbonyl (C=O) groups excluding carboxylic acids is 2. The number of anilines is 1. The summed E-state index contributed by atoms with van der Waals surface area (Å²) >= 11 is 0. The third-order valence-electron chi connectivity index (χ3n) is 3.17. The lowest BCUT2D eigenvalue weighted by Crippen LogP contribution is -2.17. The molecule has 9 nitrogen and oxygen atoms in total. The molecule has 2 rings (SSSR count). The molecule has 2 aromatic rings. The van der Waals surface area contributed by atoms with E-state index in [2.05, 4.69) is 14.4 Å². The predicted octanol–water partition coefficient (Wildman–Crippen LogP) is 0.776. The molecule has 1 aromatic heterocycles. The van der Waals surface area contributed by atoms with Crippen LogP contribution >= 0.6 is 0 Å². The van der Waals surface area contributed by atoms with Crippen LogP contribution in [0.25, 0.3) is 0 Å². The highest BCUT2D eigenvalue weighted by Crippen LogP contribution is 2.23. The van der Waals surface area contributed by atoms with Crippen molar-refractivity contribution in [2.45, 2.75) is 4.90 Å². The minimum atomic E-state index is -4.07. The van der Waals surface area contributed by atoms with Crippen LogP contribution in [0.2, 0.25) is 0 Å². The van der Waals surface area contributed by atoms with Crippen LogP contribution in [0.4, 0.5) is 5.82 Å². The SMILES string of the molecule is COC(=O)c1ccnc(NS(=O)(=O)c2ccc(OC)c(C(N)=O)c2)c1. The minimum Gasteiger partial charge on any atom is -0.496 e. The summed E-state index contributed by atoms with van der Waals surface area (Å²) in [4.78, 5) is 26.6. The molecule has 132 valence electrons. The van der Waals surface area contributed by atoms with E-state index in [-0.39, 0.29) is 27.6 Å². The van der Waals surface area contributed by atoms with Crippen molar-refractivity contribution in [2.24, 2.45) is 5.73 Å². The zero-order valence-corrected chi connectivity index (χ0v) is 14.2. The molecule has 0 unspecified atom stereocenters. The number of benzene rings is 1. The van der Waals surface area contributed by atoms with E-state index in [1.165, 1.54) is 44.7 Å². The first-order valence-corrected chi connectivity index (χ1v) is 8.32. The molecular formula is C15H15N3O6S. The molecule has 0 spiro atoms. The zero-order chi connectivity index (χ0) is 18.6. The Morgan fingerprint density at radius 2 is 1.88 bits per heavy atom. The van der Waals surface area contributed by atoms with Gasteiger partial charge in [-0.15, -0.1) is 0 Å². The molecule has 25 heavy (non-hydrogen) atoms. The number of aromatic nitrogens is 1. The summed E-state index contributed by atoms with van der Waals surface area (Å²) in [6.45, 7) is 0. The number of sulfonamides is 1. The molecular weight excluding hydrogens is 350 g/mol. The Bertz CT molecular complexity index is 927. The number of primary amides is 1. The van der Waals surface area contributed by atoms with Crippen LogP contribution in [0.1, 0.15) is 20.7 Å².